The first-order valence-corrected chi connectivity index (χ1v) is 7.29. The summed E-state index contributed by atoms with van der Waals surface area (Å²) in [7, 11) is 0. The minimum atomic E-state index is -0.0590. The van der Waals surface area contributed by atoms with Crippen molar-refractivity contribution < 1.29 is 9.90 Å². The molecule has 0 heterocycles. The van der Waals surface area contributed by atoms with Gasteiger partial charge in [0.15, 0.2) is 0 Å². The number of carbonyl (C=O) groups excluding carboxylic acids is 1. The SMILES string of the molecule is CCC(=O)C(CCO)SC(C)C1=CCCC=C1. The van der Waals surface area contributed by atoms with Crippen molar-refractivity contribution in [1.82, 2.24) is 0 Å². The van der Waals surface area contributed by atoms with Crippen LogP contribution in [-0.2, 0) is 4.79 Å². The highest BCUT2D eigenvalue weighted by atomic mass is 32.2. The Labute approximate surface area is 108 Å². The van der Waals surface area contributed by atoms with Crippen LogP contribution in [0.5, 0.6) is 0 Å². The molecule has 0 aromatic carbocycles. The number of rotatable bonds is 7. The van der Waals surface area contributed by atoms with Crippen LogP contribution in [0.25, 0.3) is 0 Å². The first-order chi connectivity index (χ1) is 8.19. The van der Waals surface area contributed by atoms with Gasteiger partial charge >= 0.3 is 0 Å². The largest absolute Gasteiger partial charge is 0.396 e. The number of aliphatic hydroxyl groups is 1. The Balaban J connectivity index is 2.56. The van der Waals surface area contributed by atoms with Crippen LogP contribution in [0.15, 0.2) is 23.8 Å². The minimum absolute atomic E-state index is 0.0590. The van der Waals surface area contributed by atoms with Crippen LogP contribution in [0.3, 0.4) is 0 Å². The average molecular weight is 254 g/mol. The van der Waals surface area contributed by atoms with Crippen molar-refractivity contribution in [2.45, 2.75) is 50.0 Å². The molecule has 0 aromatic heterocycles. The van der Waals surface area contributed by atoms with Gasteiger partial charge in [0.25, 0.3) is 0 Å². The lowest BCUT2D eigenvalue weighted by molar-refractivity contribution is -0.118. The Morgan fingerprint density at radius 1 is 1.53 bits per heavy atom. The van der Waals surface area contributed by atoms with Crippen molar-refractivity contribution >= 4 is 17.5 Å². The molecule has 0 aliphatic heterocycles. The van der Waals surface area contributed by atoms with Crippen molar-refractivity contribution in [2.24, 2.45) is 0 Å². The quantitative estimate of drug-likeness (QED) is 0.758. The molecule has 1 aliphatic rings. The summed E-state index contributed by atoms with van der Waals surface area (Å²) >= 11 is 1.68. The van der Waals surface area contributed by atoms with Crippen LogP contribution in [0, 0.1) is 0 Å². The lowest BCUT2D eigenvalue weighted by Gasteiger charge is -2.21. The molecule has 0 saturated carbocycles. The monoisotopic (exact) mass is 254 g/mol. The predicted octanol–water partition coefficient (Wildman–Crippen LogP) is 3.11. The third kappa shape index (κ3) is 4.68. The summed E-state index contributed by atoms with van der Waals surface area (Å²) in [6.07, 6.45) is 9.95. The van der Waals surface area contributed by atoms with E-state index in [-0.39, 0.29) is 17.6 Å². The topological polar surface area (TPSA) is 37.3 Å². The highest BCUT2D eigenvalue weighted by Crippen LogP contribution is 2.29. The molecule has 0 saturated heterocycles. The van der Waals surface area contributed by atoms with E-state index in [0.717, 1.165) is 12.8 Å². The van der Waals surface area contributed by atoms with Gasteiger partial charge in [-0.2, -0.15) is 0 Å². The molecule has 0 radical (unpaired) electrons. The van der Waals surface area contributed by atoms with E-state index in [9.17, 15) is 4.79 Å². The van der Waals surface area contributed by atoms with Crippen molar-refractivity contribution in [2.75, 3.05) is 6.61 Å². The third-order valence-electron chi connectivity index (χ3n) is 2.96. The van der Waals surface area contributed by atoms with Gasteiger partial charge in [0.1, 0.15) is 5.78 Å². The van der Waals surface area contributed by atoms with Crippen LogP contribution in [0.4, 0.5) is 0 Å². The van der Waals surface area contributed by atoms with Gasteiger partial charge in [-0.3, -0.25) is 4.79 Å². The number of ketones is 1. The van der Waals surface area contributed by atoms with Crippen LogP contribution in [-0.4, -0.2) is 28.0 Å². The smallest absolute Gasteiger partial charge is 0.145 e. The first kappa shape index (κ1) is 14.5. The standard InChI is InChI=1S/C14H22O2S/c1-3-13(16)14(9-10-15)17-11(2)12-7-5-4-6-8-12/h5,7-8,11,14-15H,3-4,6,9-10H2,1-2H3. The van der Waals surface area contributed by atoms with Crippen LogP contribution < -0.4 is 0 Å². The molecule has 0 fully saturated rings. The van der Waals surface area contributed by atoms with Crippen molar-refractivity contribution in [3.8, 4) is 0 Å². The van der Waals surface area contributed by atoms with Gasteiger partial charge in [0.2, 0.25) is 0 Å². The lowest BCUT2D eigenvalue weighted by atomic mass is 10.1. The molecule has 2 nitrogen and oxygen atoms in total. The van der Waals surface area contributed by atoms with Gasteiger partial charge < -0.3 is 5.11 Å². The zero-order valence-corrected chi connectivity index (χ0v) is 11.5. The molecule has 1 rings (SSSR count). The second-order valence-electron chi connectivity index (χ2n) is 4.28. The van der Waals surface area contributed by atoms with Gasteiger partial charge in [-0.1, -0.05) is 25.2 Å². The second-order valence-corrected chi connectivity index (χ2v) is 5.83. The van der Waals surface area contributed by atoms with E-state index in [0.29, 0.717) is 18.1 Å². The molecule has 3 heteroatoms. The number of hydrogen-bond acceptors (Lipinski definition) is 3. The van der Waals surface area contributed by atoms with Crippen LogP contribution in [0.2, 0.25) is 0 Å². The van der Waals surface area contributed by atoms with Gasteiger partial charge in [-0.15, -0.1) is 11.8 Å². The van der Waals surface area contributed by atoms with E-state index < -0.39 is 0 Å². The molecule has 1 N–H and O–H groups in total. The molecule has 0 amide bonds. The molecule has 1 aliphatic carbocycles. The summed E-state index contributed by atoms with van der Waals surface area (Å²) in [4.78, 5) is 11.8. The van der Waals surface area contributed by atoms with E-state index >= 15 is 0 Å². The zero-order valence-electron chi connectivity index (χ0n) is 10.7. The maximum Gasteiger partial charge on any atom is 0.145 e. The van der Waals surface area contributed by atoms with E-state index in [1.54, 1.807) is 11.8 Å². The first-order valence-electron chi connectivity index (χ1n) is 6.34. The van der Waals surface area contributed by atoms with E-state index in [2.05, 4.69) is 25.2 Å². The molecule has 17 heavy (non-hydrogen) atoms. The summed E-state index contributed by atoms with van der Waals surface area (Å²) < 4.78 is 0. The fourth-order valence-electron chi connectivity index (χ4n) is 1.91. The Morgan fingerprint density at radius 2 is 2.29 bits per heavy atom. The fraction of sp³-hybridized carbons (Fsp3) is 0.643. The highest BCUT2D eigenvalue weighted by Gasteiger charge is 2.21. The summed E-state index contributed by atoms with van der Waals surface area (Å²) in [6.45, 7) is 4.11. The molecule has 0 spiro atoms. The maximum absolute atomic E-state index is 11.8. The Hall–Kier alpha value is -0.540. The molecule has 2 unspecified atom stereocenters. The normalized spacial score (nSPS) is 18.6. The van der Waals surface area contributed by atoms with Crippen molar-refractivity contribution in [3.63, 3.8) is 0 Å². The number of hydrogen-bond donors (Lipinski definition) is 1. The van der Waals surface area contributed by atoms with Gasteiger partial charge in [0.05, 0.1) is 5.25 Å². The minimum Gasteiger partial charge on any atom is -0.396 e. The van der Waals surface area contributed by atoms with Crippen molar-refractivity contribution in [3.05, 3.63) is 23.8 Å². The van der Waals surface area contributed by atoms with E-state index in [1.807, 2.05) is 6.92 Å². The summed E-state index contributed by atoms with van der Waals surface area (Å²) in [5, 5.41) is 9.28. The molecule has 0 bridgehead atoms. The summed E-state index contributed by atoms with van der Waals surface area (Å²) in [5.74, 6) is 0.247. The Kier molecular flexibility index (Phi) is 6.60. The summed E-state index contributed by atoms with van der Waals surface area (Å²) in [5.41, 5.74) is 1.31. The number of Topliss-reactive ketones (excluding diaryl/α,β-unsaturated/α-hetero) is 1. The van der Waals surface area contributed by atoms with Gasteiger partial charge in [0, 0.05) is 18.3 Å². The molecular weight excluding hydrogens is 232 g/mol. The van der Waals surface area contributed by atoms with Crippen molar-refractivity contribution in [1.29, 1.82) is 0 Å². The van der Waals surface area contributed by atoms with Gasteiger partial charge in [-0.25, -0.2) is 0 Å². The molecule has 2 atom stereocenters. The molecular formula is C14H22O2S. The maximum atomic E-state index is 11.8. The number of aliphatic hydroxyl groups excluding tert-OH is 1. The van der Waals surface area contributed by atoms with E-state index in [4.69, 9.17) is 5.11 Å². The predicted molar refractivity (Wildman–Crippen MR) is 74.3 cm³/mol. The number of thioether (sulfide) groups is 1. The van der Waals surface area contributed by atoms with E-state index in [1.165, 1.54) is 5.57 Å². The van der Waals surface area contributed by atoms with Crippen LogP contribution >= 0.6 is 11.8 Å². The highest BCUT2D eigenvalue weighted by molar-refractivity contribution is 8.01. The summed E-state index contributed by atoms with van der Waals surface area (Å²) in [6, 6.07) is 0. The Morgan fingerprint density at radius 3 is 2.82 bits per heavy atom. The van der Waals surface area contributed by atoms with Crippen LogP contribution in [0.1, 0.15) is 39.5 Å². The fourth-order valence-corrected chi connectivity index (χ4v) is 3.29. The number of allylic oxidation sites excluding steroid dienone is 3. The molecule has 0 aromatic rings. The third-order valence-corrected chi connectivity index (χ3v) is 4.47. The van der Waals surface area contributed by atoms with Gasteiger partial charge in [-0.05, 0) is 31.8 Å². The number of carbonyl (C=O) groups is 1. The lowest BCUT2D eigenvalue weighted by Crippen LogP contribution is -2.21. The molecule has 96 valence electrons. The second kappa shape index (κ2) is 7.72. The zero-order chi connectivity index (χ0) is 12.7. The Bertz CT molecular complexity index is 307. The average Bonchev–Trinajstić information content (AvgIpc) is 2.38.